The second-order valence-electron chi connectivity index (χ2n) is 4.11. The molecule has 6 nitrogen and oxygen atoms in total. The minimum absolute atomic E-state index is 0.147. The number of nitrogens with one attached hydrogen (secondary N) is 1. The molecule has 0 aliphatic heterocycles. The Balaban J connectivity index is 2.24. The van der Waals surface area contributed by atoms with Crippen molar-refractivity contribution >= 4 is 21.4 Å². The van der Waals surface area contributed by atoms with Gasteiger partial charge in [-0.15, -0.1) is 0 Å². The van der Waals surface area contributed by atoms with Gasteiger partial charge in [0.25, 0.3) is 10.0 Å². The Bertz CT molecular complexity index is 733. The largest absolute Gasteiger partial charge is 0.478 e. The normalized spacial score (nSPS) is 11.1. The molecule has 112 valence electrons. The number of sulfonamides is 1. The molecule has 2 rings (SSSR count). The van der Waals surface area contributed by atoms with Crippen LogP contribution in [0.15, 0.2) is 41.4 Å². The maximum atomic E-state index is 13.7. The zero-order valence-electron chi connectivity index (χ0n) is 11.2. The highest BCUT2D eigenvalue weighted by Gasteiger charge is 2.19. The number of ether oxygens (including phenoxy) is 1. The molecule has 0 aliphatic rings. The number of anilines is 2. The Kier molecular flexibility index (Phi) is 4.27. The van der Waals surface area contributed by atoms with Gasteiger partial charge in [0.1, 0.15) is 10.7 Å². The molecular formula is C13H14FN3O3S. The summed E-state index contributed by atoms with van der Waals surface area (Å²) in [5, 5.41) is 0. The molecule has 1 aromatic carbocycles. The van der Waals surface area contributed by atoms with Gasteiger partial charge in [0, 0.05) is 11.8 Å². The highest BCUT2D eigenvalue weighted by atomic mass is 32.2. The van der Waals surface area contributed by atoms with Crippen molar-refractivity contribution in [1.82, 2.24) is 4.98 Å². The zero-order chi connectivity index (χ0) is 15.5. The van der Waals surface area contributed by atoms with Gasteiger partial charge in [-0.25, -0.2) is 17.8 Å². The lowest BCUT2D eigenvalue weighted by molar-refractivity contribution is 0.327. The fourth-order valence-corrected chi connectivity index (χ4v) is 2.72. The molecule has 0 fully saturated rings. The third-order valence-electron chi connectivity index (χ3n) is 2.53. The molecule has 0 saturated heterocycles. The predicted molar refractivity (Wildman–Crippen MR) is 77.0 cm³/mol. The van der Waals surface area contributed by atoms with Crippen LogP contribution in [0.25, 0.3) is 0 Å². The summed E-state index contributed by atoms with van der Waals surface area (Å²) in [7, 11) is -4.05. The summed E-state index contributed by atoms with van der Waals surface area (Å²) in [6.07, 6.45) is 1.29. The first-order chi connectivity index (χ1) is 9.92. The van der Waals surface area contributed by atoms with Crippen LogP contribution in [0.1, 0.15) is 6.92 Å². The molecule has 8 heteroatoms. The molecule has 1 heterocycles. The van der Waals surface area contributed by atoms with Gasteiger partial charge >= 0.3 is 0 Å². The summed E-state index contributed by atoms with van der Waals surface area (Å²) in [5.74, 6) is -0.541. The molecule has 0 amide bonds. The Morgan fingerprint density at radius 3 is 2.67 bits per heavy atom. The molecule has 0 spiro atoms. The first-order valence-electron chi connectivity index (χ1n) is 6.09. The van der Waals surface area contributed by atoms with Gasteiger partial charge in [-0.1, -0.05) is 0 Å². The minimum atomic E-state index is -4.05. The highest BCUT2D eigenvalue weighted by molar-refractivity contribution is 7.92. The highest BCUT2D eigenvalue weighted by Crippen LogP contribution is 2.21. The number of nitrogen functional groups attached to an aromatic ring is 1. The van der Waals surface area contributed by atoms with E-state index < -0.39 is 20.7 Å². The van der Waals surface area contributed by atoms with Crippen molar-refractivity contribution in [2.75, 3.05) is 17.1 Å². The van der Waals surface area contributed by atoms with Gasteiger partial charge < -0.3 is 10.5 Å². The van der Waals surface area contributed by atoms with Crippen molar-refractivity contribution < 1.29 is 17.5 Å². The van der Waals surface area contributed by atoms with Gasteiger partial charge in [-0.05, 0) is 31.2 Å². The quantitative estimate of drug-likeness (QED) is 0.824. The lowest BCUT2D eigenvalue weighted by atomic mass is 10.3. The van der Waals surface area contributed by atoms with E-state index in [-0.39, 0.29) is 11.4 Å². The third-order valence-corrected chi connectivity index (χ3v) is 3.94. The number of pyridine rings is 1. The molecule has 0 aliphatic carbocycles. The maximum absolute atomic E-state index is 13.7. The SMILES string of the molecule is CCOc1ccc(NS(=O)(=O)c2ccc(N)cc2F)cn1. The van der Waals surface area contributed by atoms with E-state index in [1.54, 1.807) is 0 Å². The van der Waals surface area contributed by atoms with E-state index in [1.807, 2.05) is 6.92 Å². The van der Waals surface area contributed by atoms with Crippen molar-refractivity contribution in [2.24, 2.45) is 0 Å². The molecule has 0 saturated carbocycles. The molecule has 1 aromatic heterocycles. The Hall–Kier alpha value is -2.35. The van der Waals surface area contributed by atoms with Crippen LogP contribution in [-0.2, 0) is 10.0 Å². The second kappa shape index (κ2) is 5.96. The van der Waals surface area contributed by atoms with Gasteiger partial charge in [0.15, 0.2) is 0 Å². The average Bonchev–Trinajstić information content (AvgIpc) is 2.40. The van der Waals surface area contributed by atoms with E-state index in [4.69, 9.17) is 10.5 Å². The van der Waals surface area contributed by atoms with Crippen LogP contribution in [0.3, 0.4) is 0 Å². The summed E-state index contributed by atoms with van der Waals surface area (Å²) in [5.41, 5.74) is 5.74. The standard InChI is InChI=1S/C13H14FN3O3S/c1-2-20-13-6-4-10(8-16-13)17-21(18,19)12-5-3-9(15)7-11(12)14/h3-8,17H,2,15H2,1H3. The summed E-state index contributed by atoms with van der Waals surface area (Å²) in [6.45, 7) is 2.26. The van der Waals surface area contributed by atoms with E-state index in [2.05, 4.69) is 9.71 Å². The molecule has 0 radical (unpaired) electrons. The lowest BCUT2D eigenvalue weighted by Gasteiger charge is -2.09. The molecule has 21 heavy (non-hydrogen) atoms. The smallest absolute Gasteiger partial charge is 0.264 e. The van der Waals surface area contributed by atoms with Crippen LogP contribution in [-0.4, -0.2) is 20.0 Å². The van der Waals surface area contributed by atoms with Crippen molar-refractivity contribution in [3.05, 3.63) is 42.3 Å². The minimum Gasteiger partial charge on any atom is -0.478 e. The van der Waals surface area contributed by atoms with Crippen molar-refractivity contribution in [3.8, 4) is 5.88 Å². The van der Waals surface area contributed by atoms with Gasteiger partial charge in [0.05, 0.1) is 18.5 Å². The zero-order valence-corrected chi connectivity index (χ0v) is 12.0. The van der Waals surface area contributed by atoms with Crippen LogP contribution in [0.5, 0.6) is 5.88 Å². The van der Waals surface area contributed by atoms with Crippen molar-refractivity contribution in [1.29, 1.82) is 0 Å². The van der Waals surface area contributed by atoms with Crippen molar-refractivity contribution in [3.63, 3.8) is 0 Å². The number of halogens is 1. The summed E-state index contributed by atoms with van der Waals surface area (Å²) < 4.78 is 45.2. The van der Waals surface area contributed by atoms with Gasteiger partial charge in [-0.3, -0.25) is 4.72 Å². The number of aromatic nitrogens is 1. The number of hydrogen-bond acceptors (Lipinski definition) is 5. The average molecular weight is 311 g/mol. The Morgan fingerprint density at radius 2 is 2.10 bits per heavy atom. The molecule has 0 atom stereocenters. The molecule has 2 aromatic rings. The number of nitrogens with zero attached hydrogens (tertiary/aromatic N) is 1. The van der Waals surface area contributed by atoms with E-state index in [0.29, 0.717) is 12.5 Å². The van der Waals surface area contributed by atoms with E-state index in [0.717, 1.165) is 12.1 Å². The van der Waals surface area contributed by atoms with Crippen molar-refractivity contribution in [2.45, 2.75) is 11.8 Å². The van der Waals surface area contributed by atoms with Crippen LogP contribution < -0.4 is 15.2 Å². The van der Waals surface area contributed by atoms with E-state index in [1.165, 1.54) is 24.4 Å². The molecule has 0 unspecified atom stereocenters. The van der Waals surface area contributed by atoms with Crippen LogP contribution in [0.2, 0.25) is 0 Å². The number of hydrogen-bond donors (Lipinski definition) is 2. The number of rotatable bonds is 5. The van der Waals surface area contributed by atoms with Gasteiger partial charge in [0.2, 0.25) is 5.88 Å². The number of benzene rings is 1. The summed E-state index contributed by atoms with van der Waals surface area (Å²) >= 11 is 0. The van der Waals surface area contributed by atoms with E-state index >= 15 is 0 Å². The maximum Gasteiger partial charge on any atom is 0.264 e. The monoisotopic (exact) mass is 311 g/mol. The van der Waals surface area contributed by atoms with E-state index in [9.17, 15) is 12.8 Å². The van der Waals surface area contributed by atoms with Crippen LogP contribution in [0.4, 0.5) is 15.8 Å². The predicted octanol–water partition coefficient (Wildman–Crippen LogP) is 2.00. The first kappa shape index (κ1) is 15.0. The second-order valence-corrected chi connectivity index (χ2v) is 5.76. The Morgan fingerprint density at radius 1 is 1.33 bits per heavy atom. The fraction of sp³-hybridized carbons (Fsp3) is 0.154. The topological polar surface area (TPSA) is 94.3 Å². The molecular weight excluding hydrogens is 297 g/mol. The lowest BCUT2D eigenvalue weighted by Crippen LogP contribution is -2.15. The summed E-state index contributed by atoms with van der Waals surface area (Å²) in [6, 6.07) is 6.36. The summed E-state index contributed by atoms with van der Waals surface area (Å²) in [4.78, 5) is 3.44. The third kappa shape index (κ3) is 3.60. The molecule has 3 N–H and O–H groups in total. The van der Waals surface area contributed by atoms with Gasteiger partial charge in [-0.2, -0.15) is 0 Å². The molecule has 0 bridgehead atoms. The van der Waals surface area contributed by atoms with Crippen LogP contribution >= 0.6 is 0 Å². The Labute approximate surface area is 121 Å². The van der Waals surface area contributed by atoms with Crippen LogP contribution in [0, 0.1) is 5.82 Å². The number of nitrogens with two attached hydrogens (primary N) is 1. The first-order valence-corrected chi connectivity index (χ1v) is 7.57. The fourth-order valence-electron chi connectivity index (χ4n) is 1.62.